The van der Waals surface area contributed by atoms with Crippen LogP contribution in [0, 0.1) is 5.92 Å². The summed E-state index contributed by atoms with van der Waals surface area (Å²) in [4.78, 5) is 29.0. The molecule has 134 valence electrons. The third kappa shape index (κ3) is 3.65. The number of nitrogens with zero attached hydrogens (tertiary/aromatic N) is 2. The first-order valence-corrected chi connectivity index (χ1v) is 9.54. The lowest BCUT2D eigenvalue weighted by atomic mass is 10.00. The Balaban J connectivity index is 1.31. The summed E-state index contributed by atoms with van der Waals surface area (Å²) in [5.74, 6) is 0.665. The number of hydrogen-bond donors (Lipinski definition) is 1. The number of amides is 3. The van der Waals surface area contributed by atoms with Crippen molar-refractivity contribution in [3.05, 3.63) is 35.4 Å². The van der Waals surface area contributed by atoms with Crippen molar-refractivity contribution in [2.45, 2.75) is 57.7 Å². The normalized spacial score (nSPS) is 20.6. The summed E-state index contributed by atoms with van der Waals surface area (Å²) in [6, 6.07) is 8.89. The van der Waals surface area contributed by atoms with Crippen molar-refractivity contribution in [2.24, 2.45) is 5.92 Å². The van der Waals surface area contributed by atoms with E-state index in [2.05, 4.69) is 24.4 Å². The van der Waals surface area contributed by atoms with Gasteiger partial charge in [-0.3, -0.25) is 4.79 Å². The Kier molecular flexibility index (Phi) is 4.40. The molecule has 1 N–H and O–H groups in total. The second-order valence-electron chi connectivity index (χ2n) is 7.71. The van der Waals surface area contributed by atoms with Crippen LogP contribution in [-0.2, 0) is 17.8 Å². The maximum atomic E-state index is 12.6. The van der Waals surface area contributed by atoms with Crippen molar-refractivity contribution >= 4 is 11.9 Å². The maximum absolute atomic E-state index is 12.6. The average Bonchev–Trinajstić information content (AvgIpc) is 3.52. The van der Waals surface area contributed by atoms with Gasteiger partial charge in [0.2, 0.25) is 5.91 Å². The molecule has 1 heterocycles. The van der Waals surface area contributed by atoms with Crippen LogP contribution in [-0.4, -0.2) is 46.9 Å². The summed E-state index contributed by atoms with van der Waals surface area (Å²) >= 11 is 0. The summed E-state index contributed by atoms with van der Waals surface area (Å²) < 4.78 is 0. The SMILES string of the molecule is C[C@@H](C1CC1)N(C(=O)NCC(=O)N1CCc2ccccc2C1)C1CC1. The third-order valence-electron chi connectivity index (χ3n) is 5.79. The van der Waals surface area contributed by atoms with E-state index in [0.717, 1.165) is 25.8 Å². The lowest BCUT2D eigenvalue weighted by molar-refractivity contribution is -0.131. The molecule has 1 aromatic rings. The Bertz CT molecular complexity index is 667. The van der Waals surface area contributed by atoms with Gasteiger partial charge >= 0.3 is 6.03 Å². The highest BCUT2D eigenvalue weighted by atomic mass is 16.2. The number of fused-ring (bicyclic) bond motifs is 1. The molecule has 2 saturated carbocycles. The lowest BCUT2D eigenvalue weighted by Crippen LogP contribution is -2.50. The van der Waals surface area contributed by atoms with Crippen LogP contribution in [0.2, 0.25) is 0 Å². The molecule has 4 rings (SSSR count). The zero-order valence-corrected chi connectivity index (χ0v) is 14.9. The minimum absolute atomic E-state index is 0.0117. The number of rotatable bonds is 5. The van der Waals surface area contributed by atoms with E-state index in [4.69, 9.17) is 0 Å². The maximum Gasteiger partial charge on any atom is 0.318 e. The van der Waals surface area contributed by atoms with Crippen LogP contribution in [0.5, 0.6) is 0 Å². The van der Waals surface area contributed by atoms with Crippen molar-refractivity contribution in [1.29, 1.82) is 0 Å². The van der Waals surface area contributed by atoms with Crippen LogP contribution in [0.3, 0.4) is 0 Å². The van der Waals surface area contributed by atoms with Gasteiger partial charge in [0.1, 0.15) is 0 Å². The Morgan fingerprint density at radius 1 is 1.20 bits per heavy atom. The van der Waals surface area contributed by atoms with Crippen LogP contribution < -0.4 is 5.32 Å². The topological polar surface area (TPSA) is 52.7 Å². The fourth-order valence-corrected chi connectivity index (χ4v) is 3.90. The van der Waals surface area contributed by atoms with Gasteiger partial charge in [0.25, 0.3) is 0 Å². The zero-order chi connectivity index (χ0) is 17.4. The highest BCUT2D eigenvalue weighted by molar-refractivity contribution is 5.84. The number of hydrogen-bond acceptors (Lipinski definition) is 2. The minimum atomic E-state index is -0.0624. The smallest absolute Gasteiger partial charge is 0.318 e. The molecular weight excluding hydrogens is 314 g/mol. The van der Waals surface area contributed by atoms with Gasteiger partial charge in [-0.15, -0.1) is 0 Å². The Morgan fingerprint density at radius 2 is 1.92 bits per heavy atom. The summed E-state index contributed by atoms with van der Waals surface area (Å²) in [5, 5.41) is 2.88. The Hall–Kier alpha value is -2.04. The highest BCUT2D eigenvalue weighted by Gasteiger charge is 2.41. The molecule has 0 bridgehead atoms. The third-order valence-corrected chi connectivity index (χ3v) is 5.79. The van der Waals surface area contributed by atoms with E-state index >= 15 is 0 Å². The molecule has 3 aliphatic rings. The fraction of sp³-hybridized carbons (Fsp3) is 0.600. The van der Waals surface area contributed by atoms with Crippen LogP contribution in [0.15, 0.2) is 24.3 Å². The lowest BCUT2D eigenvalue weighted by Gasteiger charge is -2.31. The fourth-order valence-electron chi connectivity index (χ4n) is 3.90. The van der Waals surface area contributed by atoms with Gasteiger partial charge in [-0.05, 0) is 56.1 Å². The largest absolute Gasteiger partial charge is 0.336 e. The molecule has 1 aromatic carbocycles. The predicted molar refractivity (Wildman–Crippen MR) is 96.0 cm³/mol. The van der Waals surface area contributed by atoms with Crippen molar-refractivity contribution in [3.8, 4) is 0 Å². The summed E-state index contributed by atoms with van der Waals surface area (Å²) in [6.45, 7) is 3.63. The molecular formula is C20H27N3O2. The molecule has 25 heavy (non-hydrogen) atoms. The van der Waals surface area contributed by atoms with Crippen LogP contribution >= 0.6 is 0 Å². The monoisotopic (exact) mass is 341 g/mol. The molecule has 0 spiro atoms. The molecule has 5 heteroatoms. The molecule has 2 fully saturated rings. The minimum Gasteiger partial charge on any atom is -0.336 e. The quantitative estimate of drug-likeness (QED) is 0.895. The van der Waals surface area contributed by atoms with Gasteiger partial charge in [-0.25, -0.2) is 4.79 Å². The number of urea groups is 1. The first-order valence-electron chi connectivity index (χ1n) is 9.54. The zero-order valence-electron chi connectivity index (χ0n) is 14.9. The molecule has 5 nitrogen and oxygen atoms in total. The number of carbonyl (C=O) groups is 2. The van der Waals surface area contributed by atoms with Gasteiger partial charge in [-0.1, -0.05) is 24.3 Å². The first-order chi connectivity index (χ1) is 12.1. The molecule has 0 unspecified atom stereocenters. The summed E-state index contributed by atoms with van der Waals surface area (Å²) in [6.07, 6.45) is 5.54. The number of benzene rings is 1. The van der Waals surface area contributed by atoms with E-state index in [1.807, 2.05) is 21.9 Å². The van der Waals surface area contributed by atoms with Gasteiger partial charge in [-0.2, -0.15) is 0 Å². The van der Waals surface area contributed by atoms with Crippen LogP contribution in [0.1, 0.15) is 43.7 Å². The molecule has 0 radical (unpaired) electrons. The molecule has 1 aliphatic heterocycles. The summed E-state index contributed by atoms with van der Waals surface area (Å²) in [7, 11) is 0. The second kappa shape index (κ2) is 6.70. The number of nitrogens with one attached hydrogen (secondary N) is 1. The van der Waals surface area contributed by atoms with E-state index in [9.17, 15) is 9.59 Å². The van der Waals surface area contributed by atoms with Gasteiger partial charge in [0, 0.05) is 25.2 Å². The molecule has 2 aliphatic carbocycles. The Labute approximate surface area is 149 Å². The van der Waals surface area contributed by atoms with E-state index in [1.54, 1.807) is 0 Å². The molecule has 1 atom stereocenters. The first kappa shape index (κ1) is 16.4. The van der Waals surface area contributed by atoms with Gasteiger partial charge < -0.3 is 15.1 Å². The number of carbonyl (C=O) groups excluding carboxylic acids is 2. The van der Waals surface area contributed by atoms with E-state index in [1.165, 1.54) is 24.0 Å². The van der Waals surface area contributed by atoms with Crippen molar-refractivity contribution in [2.75, 3.05) is 13.1 Å². The van der Waals surface area contributed by atoms with Crippen molar-refractivity contribution in [1.82, 2.24) is 15.1 Å². The van der Waals surface area contributed by atoms with Gasteiger partial charge in [0.15, 0.2) is 0 Å². The second-order valence-corrected chi connectivity index (χ2v) is 7.71. The van der Waals surface area contributed by atoms with E-state index in [-0.39, 0.29) is 18.5 Å². The van der Waals surface area contributed by atoms with Crippen LogP contribution in [0.25, 0.3) is 0 Å². The highest BCUT2D eigenvalue weighted by Crippen LogP contribution is 2.39. The standard InChI is InChI=1S/C20H27N3O2/c1-14(15-6-7-15)23(18-8-9-18)20(25)21-12-19(24)22-11-10-16-4-2-3-5-17(16)13-22/h2-5,14-15,18H,6-13H2,1H3,(H,21,25)/t14-/m0/s1. The van der Waals surface area contributed by atoms with E-state index in [0.29, 0.717) is 24.5 Å². The van der Waals surface area contributed by atoms with Crippen LogP contribution in [0.4, 0.5) is 4.79 Å². The van der Waals surface area contributed by atoms with Gasteiger partial charge in [0.05, 0.1) is 6.54 Å². The Morgan fingerprint density at radius 3 is 2.60 bits per heavy atom. The van der Waals surface area contributed by atoms with E-state index < -0.39 is 0 Å². The molecule has 3 amide bonds. The average molecular weight is 341 g/mol. The predicted octanol–water partition coefficient (Wildman–Crippen LogP) is 2.54. The molecule has 0 saturated heterocycles. The van der Waals surface area contributed by atoms with Crippen molar-refractivity contribution in [3.63, 3.8) is 0 Å². The summed E-state index contributed by atoms with van der Waals surface area (Å²) in [5.41, 5.74) is 2.55. The van der Waals surface area contributed by atoms with Crippen molar-refractivity contribution < 1.29 is 9.59 Å². The molecule has 0 aromatic heterocycles.